The van der Waals surface area contributed by atoms with E-state index in [9.17, 15) is 9.00 Å². The van der Waals surface area contributed by atoms with Crippen LogP contribution in [-0.4, -0.2) is 55.2 Å². The molecule has 1 fully saturated rings. The van der Waals surface area contributed by atoms with Crippen LogP contribution in [0.3, 0.4) is 0 Å². The Morgan fingerprint density at radius 1 is 1.30 bits per heavy atom. The molecule has 0 radical (unpaired) electrons. The van der Waals surface area contributed by atoms with Gasteiger partial charge < -0.3 is 19.1 Å². The molecule has 0 aromatic heterocycles. The molecule has 1 heterocycles. The highest BCUT2D eigenvalue weighted by molar-refractivity contribution is 7.91. The smallest absolute Gasteiger partial charge is 0.286 e. The maximum Gasteiger partial charge on any atom is 0.286 e. The standard InChI is InChI=1S/C34H44ClN3O5S/c1-6-17-43-33(3,4)32(39)37-44(36,40)26-12-15-31-29(19-26)38(20-24-10-13-27(24)30(7-2)41-5)21-34(22-42-31)16-8-9-23-18-25(35)11-14-28(23)34/h6-7,11-12,14-15,18-19,24,27,30H,1-2,8-10,13,16-17,20-22H2,3-5H3,(H2,36,37,39,40)/t24-,27+,30?,34+,44?/m1/s1. The summed E-state index contributed by atoms with van der Waals surface area (Å²) >= 11 is 6.41. The first-order chi connectivity index (χ1) is 20.9. The minimum Gasteiger partial charge on any atom is -0.490 e. The number of carbonyl (C=O) groups excluding carboxylic acids is 1. The topological polar surface area (TPSA) is 103 Å². The second kappa shape index (κ2) is 13.0. The Morgan fingerprint density at radius 2 is 2.09 bits per heavy atom. The van der Waals surface area contributed by atoms with Crippen molar-refractivity contribution < 1.29 is 23.2 Å². The van der Waals surface area contributed by atoms with Crippen LogP contribution >= 0.6 is 11.6 Å². The zero-order chi connectivity index (χ0) is 31.7. The molecule has 2 unspecified atom stereocenters. The van der Waals surface area contributed by atoms with E-state index in [2.05, 4.69) is 34.6 Å². The molecule has 2 aliphatic carbocycles. The molecule has 1 spiro atoms. The summed E-state index contributed by atoms with van der Waals surface area (Å²) in [6, 6.07) is 11.4. The summed E-state index contributed by atoms with van der Waals surface area (Å²) in [6.07, 6.45) is 8.53. The van der Waals surface area contributed by atoms with Gasteiger partial charge in [-0.1, -0.05) is 29.8 Å². The average Bonchev–Trinajstić information content (AvgIpc) is 3.13. The maximum absolute atomic E-state index is 13.8. The lowest BCUT2D eigenvalue weighted by atomic mass is 9.68. The molecule has 0 saturated heterocycles. The lowest BCUT2D eigenvalue weighted by Crippen LogP contribution is -2.49. The van der Waals surface area contributed by atoms with E-state index in [4.69, 9.17) is 31.0 Å². The third-order valence-corrected chi connectivity index (χ3v) is 11.1. The van der Waals surface area contributed by atoms with Crippen molar-refractivity contribution in [2.45, 2.75) is 68.0 Å². The molecule has 2 aromatic rings. The van der Waals surface area contributed by atoms with Gasteiger partial charge in [0.05, 0.1) is 29.9 Å². The Balaban J connectivity index is 1.55. The molecular weight excluding hydrogens is 598 g/mol. The van der Waals surface area contributed by atoms with Crippen LogP contribution in [0.1, 0.15) is 50.7 Å². The number of hydrogen-bond acceptors (Lipinski definition) is 6. The molecule has 5 rings (SSSR count). The zero-order valence-electron chi connectivity index (χ0n) is 25.9. The van der Waals surface area contributed by atoms with Crippen LogP contribution in [0.4, 0.5) is 5.69 Å². The lowest BCUT2D eigenvalue weighted by molar-refractivity contribution is -0.137. The first-order valence-corrected chi connectivity index (χ1v) is 17.2. The van der Waals surface area contributed by atoms with Crippen LogP contribution in [0, 0.1) is 11.8 Å². The Morgan fingerprint density at radius 3 is 2.77 bits per heavy atom. The molecule has 2 N–H and O–H groups in total. The van der Waals surface area contributed by atoms with Crippen LogP contribution in [0.25, 0.3) is 0 Å². The number of hydrogen-bond donors (Lipinski definition) is 1. The number of aryl methyl sites for hydroxylation is 1. The van der Waals surface area contributed by atoms with Gasteiger partial charge in [-0.2, -0.15) is 0 Å². The van der Waals surface area contributed by atoms with Crippen molar-refractivity contribution >= 4 is 33.1 Å². The third kappa shape index (κ3) is 6.49. The number of methoxy groups -OCH3 is 1. The number of carbonyl (C=O) groups is 1. The highest BCUT2D eigenvalue weighted by Crippen LogP contribution is 2.47. The SMILES string of the molecule is C=CCOC(C)(C)C(=O)N=S(N)(=O)c1ccc2c(c1)N(C[C@H]1CC[C@@H]1C(C=C)OC)C[C@@]1(CCCc3cc(Cl)ccc31)CO2. The summed E-state index contributed by atoms with van der Waals surface area (Å²) in [5.41, 5.74) is 1.76. The summed E-state index contributed by atoms with van der Waals surface area (Å²) in [5, 5.41) is 7.03. The minimum atomic E-state index is -3.59. The van der Waals surface area contributed by atoms with E-state index in [0.29, 0.717) is 30.7 Å². The summed E-state index contributed by atoms with van der Waals surface area (Å²) in [7, 11) is -1.86. The number of rotatable bonds is 10. The molecule has 10 heteroatoms. The third-order valence-electron chi connectivity index (χ3n) is 9.50. The number of benzene rings is 2. The molecule has 3 aliphatic rings. The van der Waals surface area contributed by atoms with Gasteiger partial charge in [0.1, 0.15) is 21.3 Å². The first kappa shape index (κ1) is 32.7. The van der Waals surface area contributed by atoms with Gasteiger partial charge in [0, 0.05) is 30.6 Å². The van der Waals surface area contributed by atoms with Gasteiger partial charge in [-0.15, -0.1) is 17.5 Å². The maximum atomic E-state index is 13.8. The Hall–Kier alpha value is -2.69. The van der Waals surface area contributed by atoms with Crippen LogP contribution in [0.15, 0.2) is 71.0 Å². The van der Waals surface area contributed by atoms with Crippen molar-refractivity contribution in [3.05, 3.63) is 77.9 Å². The first-order valence-electron chi connectivity index (χ1n) is 15.2. The predicted molar refractivity (Wildman–Crippen MR) is 176 cm³/mol. The lowest BCUT2D eigenvalue weighted by Gasteiger charge is -2.46. The van der Waals surface area contributed by atoms with Crippen molar-refractivity contribution in [1.82, 2.24) is 0 Å². The second-order valence-electron chi connectivity index (χ2n) is 12.7. The monoisotopic (exact) mass is 641 g/mol. The molecule has 1 aliphatic heterocycles. The number of ether oxygens (including phenoxy) is 3. The van der Waals surface area contributed by atoms with Crippen molar-refractivity contribution in [1.29, 1.82) is 0 Å². The van der Waals surface area contributed by atoms with E-state index >= 15 is 0 Å². The van der Waals surface area contributed by atoms with Gasteiger partial charge in [0.2, 0.25) is 0 Å². The largest absolute Gasteiger partial charge is 0.490 e. The number of nitrogens with two attached hydrogens (primary N) is 1. The molecular formula is C34H44ClN3O5S. The fourth-order valence-corrected chi connectivity index (χ4v) is 8.18. The van der Waals surface area contributed by atoms with Gasteiger partial charge in [-0.05, 0) is 99.2 Å². The number of fused-ring (bicyclic) bond motifs is 3. The minimum absolute atomic E-state index is 0.0199. The molecule has 8 nitrogen and oxygen atoms in total. The second-order valence-corrected chi connectivity index (χ2v) is 15.0. The van der Waals surface area contributed by atoms with E-state index in [-0.39, 0.29) is 23.0 Å². The van der Waals surface area contributed by atoms with Crippen molar-refractivity contribution in [2.75, 3.05) is 38.3 Å². The Kier molecular flexibility index (Phi) is 9.64. The Labute approximate surface area is 266 Å². The van der Waals surface area contributed by atoms with Crippen LogP contribution in [0.2, 0.25) is 5.02 Å². The average molecular weight is 642 g/mol. The van der Waals surface area contributed by atoms with Gasteiger partial charge >= 0.3 is 0 Å². The number of anilines is 1. The summed E-state index contributed by atoms with van der Waals surface area (Å²) in [5.74, 6) is 0.712. The highest BCUT2D eigenvalue weighted by atomic mass is 35.5. The van der Waals surface area contributed by atoms with Crippen molar-refractivity contribution in [2.24, 2.45) is 21.3 Å². The van der Waals surface area contributed by atoms with Crippen molar-refractivity contribution in [3.8, 4) is 5.75 Å². The quantitative estimate of drug-likeness (QED) is 0.308. The zero-order valence-corrected chi connectivity index (χ0v) is 27.5. The summed E-state index contributed by atoms with van der Waals surface area (Å²) in [4.78, 5) is 15.6. The van der Waals surface area contributed by atoms with Gasteiger partial charge in [-0.3, -0.25) is 4.79 Å². The molecule has 2 aromatic carbocycles. The van der Waals surface area contributed by atoms with Crippen molar-refractivity contribution in [3.63, 3.8) is 0 Å². The van der Waals surface area contributed by atoms with Gasteiger partial charge in [-0.25, -0.2) is 9.35 Å². The number of halogens is 1. The Bertz CT molecular complexity index is 1550. The van der Waals surface area contributed by atoms with Crippen LogP contribution in [0.5, 0.6) is 5.75 Å². The summed E-state index contributed by atoms with van der Waals surface area (Å²) < 4.78 is 35.7. The van der Waals surface area contributed by atoms with E-state index in [1.54, 1.807) is 45.2 Å². The predicted octanol–water partition coefficient (Wildman–Crippen LogP) is 6.25. The van der Waals surface area contributed by atoms with Gasteiger partial charge in [0.15, 0.2) is 0 Å². The summed E-state index contributed by atoms with van der Waals surface area (Å²) in [6.45, 7) is 12.9. The van der Waals surface area contributed by atoms with Gasteiger partial charge in [0.25, 0.3) is 5.91 Å². The van der Waals surface area contributed by atoms with Crippen LogP contribution < -0.4 is 14.8 Å². The number of nitrogens with zero attached hydrogens (tertiary/aromatic N) is 2. The van der Waals surface area contributed by atoms with E-state index in [1.807, 2.05) is 12.1 Å². The fraction of sp³-hybridized carbons (Fsp3) is 0.500. The van der Waals surface area contributed by atoms with E-state index in [0.717, 1.165) is 49.4 Å². The number of amides is 1. The normalized spacial score (nSPS) is 24.9. The van der Waals surface area contributed by atoms with E-state index in [1.165, 1.54) is 11.1 Å². The molecule has 1 amide bonds. The van der Waals surface area contributed by atoms with E-state index < -0.39 is 21.4 Å². The fourth-order valence-electron chi connectivity index (χ4n) is 6.87. The molecule has 238 valence electrons. The van der Waals surface area contributed by atoms with Crippen LogP contribution in [-0.2, 0) is 36.0 Å². The molecule has 1 saturated carbocycles. The molecule has 44 heavy (non-hydrogen) atoms. The highest BCUT2D eigenvalue weighted by Gasteiger charge is 2.44. The molecule has 5 atom stereocenters. The molecule has 0 bridgehead atoms.